The highest BCUT2D eigenvalue weighted by Gasteiger charge is 2.05. The van der Waals surface area contributed by atoms with Crippen LogP contribution in [0.3, 0.4) is 0 Å². The second-order valence-corrected chi connectivity index (χ2v) is 4.74. The molecule has 0 aliphatic carbocycles. The molecule has 0 fully saturated rings. The van der Waals surface area contributed by atoms with Gasteiger partial charge in [0.1, 0.15) is 0 Å². The summed E-state index contributed by atoms with van der Waals surface area (Å²) in [5, 5.41) is 3.38. The van der Waals surface area contributed by atoms with E-state index in [-0.39, 0.29) is 0 Å². The standard InChI is InChI=1S/C15H22N4O/c1-13-12-19(10-5-11-20-2)15(18-13)17-9-7-14-6-3-4-8-16-14/h3-4,6,8,12H,5,7,9-11H2,1-2H3,(H,17,18). The van der Waals surface area contributed by atoms with E-state index in [0.717, 1.165) is 49.9 Å². The lowest BCUT2D eigenvalue weighted by Crippen LogP contribution is -2.11. The number of hydrogen-bond donors (Lipinski definition) is 1. The minimum Gasteiger partial charge on any atom is -0.385 e. The van der Waals surface area contributed by atoms with Crippen LogP contribution >= 0.6 is 0 Å². The maximum Gasteiger partial charge on any atom is 0.203 e. The highest BCUT2D eigenvalue weighted by atomic mass is 16.5. The lowest BCUT2D eigenvalue weighted by molar-refractivity contribution is 0.190. The number of ether oxygens (including phenoxy) is 1. The normalized spacial score (nSPS) is 10.7. The number of rotatable bonds is 8. The van der Waals surface area contributed by atoms with Crippen LogP contribution in [0.5, 0.6) is 0 Å². The van der Waals surface area contributed by atoms with E-state index < -0.39 is 0 Å². The molecule has 0 radical (unpaired) electrons. The summed E-state index contributed by atoms with van der Waals surface area (Å²) in [5.41, 5.74) is 2.12. The van der Waals surface area contributed by atoms with Crippen molar-refractivity contribution in [1.82, 2.24) is 14.5 Å². The number of anilines is 1. The van der Waals surface area contributed by atoms with Gasteiger partial charge >= 0.3 is 0 Å². The molecule has 0 atom stereocenters. The molecule has 0 aromatic carbocycles. The van der Waals surface area contributed by atoms with E-state index in [1.807, 2.05) is 31.3 Å². The minimum absolute atomic E-state index is 0.768. The Kier molecular flexibility index (Phi) is 5.55. The van der Waals surface area contributed by atoms with E-state index in [9.17, 15) is 0 Å². The summed E-state index contributed by atoms with van der Waals surface area (Å²) in [7, 11) is 1.73. The fourth-order valence-electron chi connectivity index (χ4n) is 2.09. The van der Waals surface area contributed by atoms with Gasteiger partial charge in [-0.3, -0.25) is 4.98 Å². The quantitative estimate of drug-likeness (QED) is 0.750. The Morgan fingerprint density at radius 3 is 3.00 bits per heavy atom. The smallest absolute Gasteiger partial charge is 0.203 e. The molecule has 5 nitrogen and oxygen atoms in total. The van der Waals surface area contributed by atoms with Crippen LogP contribution in [-0.4, -0.2) is 34.8 Å². The van der Waals surface area contributed by atoms with Crippen LogP contribution in [0.4, 0.5) is 5.95 Å². The number of hydrogen-bond acceptors (Lipinski definition) is 4. The van der Waals surface area contributed by atoms with Crippen LogP contribution in [0.15, 0.2) is 30.6 Å². The van der Waals surface area contributed by atoms with Gasteiger partial charge < -0.3 is 14.6 Å². The van der Waals surface area contributed by atoms with Crippen molar-refractivity contribution in [1.29, 1.82) is 0 Å². The van der Waals surface area contributed by atoms with Crippen molar-refractivity contribution < 1.29 is 4.74 Å². The van der Waals surface area contributed by atoms with Gasteiger partial charge in [0.05, 0.1) is 5.69 Å². The van der Waals surface area contributed by atoms with Crippen LogP contribution in [0.1, 0.15) is 17.8 Å². The Labute approximate surface area is 120 Å². The summed E-state index contributed by atoms with van der Waals surface area (Å²) in [5.74, 6) is 0.925. The third kappa shape index (κ3) is 4.35. The van der Waals surface area contributed by atoms with Gasteiger partial charge in [0.25, 0.3) is 0 Å². The molecule has 0 amide bonds. The molecule has 0 unspecified atom stereocenters. The molecular weight excluding hydrogens is 252 g/mol. The Bertz CT molecular complexity index is 510. The number of nitrogens with one attached hydrogen (secondary N) is 1. The average molecular weight is 274 g/mol. The fraction of sp³-hybridized carbons (Fsp3) is 0.467. The Morgan fingerprint density at radius 1 is 1.35 bits per heavy atom. The molecule has 2 heterocycles. The second kappa shape index (κ2) is 7.65. The molecule has 0 saturated carbocycles. The first-order valence-electron chi connectivity index (χ1n) is 6.96. The van der Waals surface area contributed by atoms with Crippen LogP contribution in [0, 0.1) is 6.92 Å². The molecule has 0 aliphatic heterocycles. The zero-order chi connectivity index (χ0) is 14.2. The van der Waals surface area contributed by atoms with Gasteiger partial charge in [0, 0.05) is 51.3 Å². The summed E-state index contributed by atoms with van der Waals surface area (Å²) in [4.78, 5) is 8.83. The van der Waals surface area contributed by atoms with E-state index >= 15 is 0 Å². The zero-order valence-electron chi connectivity index (χ0n) is 12.2. The van der Waals surface area contributed by atoms with Crippen molar-refractivity contribution >= 4 is 5.95 Å². The number of aryl methyl sites for hydroxylation is 2. The molecular formula is C15H22N4O. The fourth-order valence-corrected chi connectivity index (χ4v) is 2.09. The van der Waals surface area contributed by atoms with Crippen molar-refractivity contribution in [3.63, 3.8) is 0 Å². The second-order valence-electron chi connectivity index (χ2n) is 4.74. The number of methoxy groups -OCH3 is 1. The van der Waals surface area contributed by atoms with Crippen molar-refractivity contribution in [2.45, 2.75) is 26.3 Å². The van der Waals surface area contributed by atoms with E-state index in [1.165, 1.54) is 0 Å². The average Bonchev–Trinajstić information content (AvgIpc) is 2.81. The number of nitrogens with zero attached hydrogens (tertiary/aromatic N) is 3. The van der Waals surface area contributed by atoms with Gasteiger partial charge in [-0.2, -0.15) is 0 Å². The van der Waals surface area contributed by atoms with Gasteiger partial charge in [0.2, 0.25) is 5.95 Å². The van der Waals surface area contributed by atoms with Crippen molar-refractivity contribution in [3.05, 3.63) is 42.0 Å². The molecule has 5 heteroatoms. The van der Waals surface area contributed by atoms with E-state index in [2.05, 4.69) is 26.0 Å². The molecule has 2 aromatic rings. The van der Waals surface area contributed by atoms with Crippen LogP contribution in [-0.2, 0) is 17.7 Å². The van der Waals surface area contributed by atoms with Gasteiger partial charge in [-0.25, -0.2) is 4.98 Å². The summed E-state index contributed by atoms with van der Waals surface area (Å²) in [6, 6.07) is 5.99. The predicted octanol–water partition coefficient (Wildman–Crippen LogP) is 2.28. The number of imidazole rings is 1. The molecule has 108 valence electrons. The highest BCUT2D eigenvalue weighted by molar-refractivity contribution is 5.29. The Morgan fingerprint density at radius 2 is 2.25 bits per heavy atom. The Hall–Kier alpha value is -1.88. The first-order chi connectivity index (χ1) is 9.79. The van der Waals surface area contributed by atoms with E-state index in [0.29, 0.717) is 0 Å². The van der Waals surface area contributed by atoms with Gasteiger partial charge in [-0.1, -0.05) is 6.07 Å². The monoisotopic (exact) mass is 274 g/mol. The zero-order valence-corrected chi connectivity index (χ0v) is 12.2. The van der Waals surface area contributed by atoms with Gasteiger partial charge in [0.15, 0.2) is 0 Å². The van der Waals surface area contributed by atoms with Crippen molar-refractivity contribution in [2.75, 3.05) is 25.6 Å². The van der Waals surface area contributed by atoms with E-state index in [4.69, 9.17) is 4.74 Å². The first-order valence-corrected chi connectivity index (χ1v) is 6.96. The number of pyridine rings is 1. The SMILES string of the molecule is COCCCn1cc(C)nc1NCCc1ccccn1. The van der Waals surface area contributed by atoms with Crippen LogP contribution < -0.4 is 5.32 Å². The summed E-state index contributed by atoms with van der Waals surface area (Å²) in [6.45, 7) is 4.53. The Balaban J connectivity index is 1.85. The summed E-state index contributed by atoms with van der Waals surface area (Å²) < 4.78 is 7.23. The van der Waals surface area contributed by atoms with E-state index in [1.54, 1.807) is 7.11 Å². The molecule has 0 bridgehead atoms. The summed E-state index contributed by atoms with van der Waals surface area (Å²) in [6.07, 6.45) is 5.77. The van der Waals surface area contributed by atoms with Crippen molar-refractivity contribution in [3.8, 4) is 0 Å². The molecule has 2 rings (SSSR count). The molecule has 2 aromatic heterocycles. The van der Waals surface area contributed by atoms with Crippen LogP contribution in [0.2, 0.25) is 0 Å². The largest absolute Gasteiger partial charge is 0.385 e. The molecule has 20 heavy (non-hydrogen) atoms. The van der Waals surface area contributed by atoms with Gasteiger partial charge in [-0.05, 0) is 25.5 Å². The topological polar surface area (TPSA) is 52.0 Å². The molecule has 0 aliphatic rings. The molecule has 0 saturated heterocycles. The maximum atomic E-state index is 5.09. The highest BCUT2D eigenvalue weighted by Crippen LogP contribution is 2.09. The third-order valence-electron chi connectivity index (χ3n) is 3.03. The minimum atomic E-state index is 0.768. The van der Waals surface area contributed by atoms with Crippen molar-refractivity contribution in [2.24, 2.45) is 0 Å². The van der Waals surface area contributed by atoms with Crippen LogP contribution in [0.25, 0.3) is 0 Å². The third-order valence-corrected chi connectivity index (χ3v) is 3.03. The first kappa shape index (κ1) is 14.5. The lowest BCUT2D eigenvalue weighted by Gasteiger charge is -2.09. The molecule has 1 N–H and O–H groups in total. The number of aromatic nitrogens is 3. The molecule has 0 spiro atoms. The summed E-state index contributed by atoms with van der Waals surface area (Å²) >= 11 is 0. The maximum absolute atomic E-state index is 5.09. The predicted molar refractivity (Wildman–Crippen MR) is 79.9 cm³/mol. The lowest BCUT2D eigenvalue weighted by atomic mass is 10.3. The van der Waals surface area contributed by atoms with Gasteiger partial charge in [-0.15, -0.1) is 0 Å².